The minimum Gasteiger partial charge on any atom is -0.465 e. The molecular formula is C15H21ClN2O2. The van der Waals surface area contributed by atoms with Gasteiger partial charge in [-0.25, -0.2) is 4.79 Å². The monoisotopic (exact) mass is 296 g/mol. The first-order valence-electron chi connectivity index (χ1n) is 6.81. The Morgan fingerprint density at radius 3 is 2.65 bits per heavy atom. The van der Waals surface area contributed by atoms with Crippen LogP contribution in [0.1, 0.15) is 22.8 Å². The van der Waals surface area contributed by atoms with E-state index >= 15 is 0 Å². The van der Waals surface area contributed by atoms with Gasteiger partial charge in [-0.2, -0.15) is 0 Å². The Hall–Kier alpha value is -1.26. The summed E-state index contributed by atoms with van der Waals surface area (Å²) in [6, 6.07) is 4.09. The second kappa shape index (κ2) is 6.02. The lowest BCUT2D eigenvalue weighted by atomic mass is 10.0. The number of likely N-dealkylation sites (N-methyl/N-ethyl adjacent to an activating group) is 2. The summed E-state index contributed by atoms with van der Waals surface area (Å²) in [5.74, 6) is -0.340. The van der Waals surface area contributed by atoms with E-state index in [0.29, 0.717) is 16.6 Å². The van der Waals surface area contributed by atoms with Crippen LogP contribution in [-0.4, -0.2) is 50.7 Å². The maximum atomic E-state index is 11.8. The van der Waals surface area contributed by atoms with Gasteiger partial charge < -0.3 is 14.5 Å². The van der Waals surface area contributed by atoms with Gasteiger partial charge in [0.15, 0.2) is 0 Å². The number of esters is 1. The molecule has 1 heterocycles. The molecule has 1 aromatic carbocycles. The molecule has 2 rings (SSSR count). The molecule has 5 heteroatoms. The third kappa shape index (κ3) is 2.76. The fraction of sp³-hybridized carbons (Fsp3) is 0.533. The molecule has 0 N–H and O–H groups in total. The molecule has 0 radical (unpaired) electrons. The van der Waals surface area contributed by atoms with Crippen LogP contribution in [-0.2, 0) is 4.74 Å². The fourth-order valence-electron chi connectivity index (χ4n) is 2.77. The van der Waals surface area contributed by atoms with E-state index in [1.807, 2.05) is 13.0 Å². The summed E-state index contributed by atoms with van der Waals surface area (Å²) in [6.07, 6.45) is 0. The average molecular weight is 297 g/mol. The highest BCUT2D eigenvalue weighted by molar-refractivity contribution is 6.31. The Labute approximate surface area is 125 Å². The van der Waals surface area contributed by atoms with E-state index < -0.39 is 0 Å². The van der Waals surface area contributed by atoms with Crippen molar-refractivity contribution in [3.05, 3.63) is 28.3 Å². The predicted octanol–water partition coefficient (Wildman–Crippen LogP) is 2.58. The van der Waals surface area contributed by atoms with Crippen LogP contribution in [0.15, 0.2) is 12.1 Å². The maximum Gasteiger partial charge on any atom is 0.338 e. The van der Waals surface area contributed by atoms with E-state index in [1.54, 1.807) is 6.07 Å². The standard InChI is InChI=1S/C15H21ClN2O2/c1-5-18(12-8-17(3)9-12)14-7-11(16)6-13(10(14)2)15(19)20-4/h6-7,12H,5,8-9H2,1-4H3. The normalized spacial score (nSPS) is 15.8. The molecule has 0 aromatic heterocycles. The smallest absolute Gasteiger partial charge is 0.338 e. The summed E-state index contributed by atoms with van der Waals surface area (Å²) in [4.78, 5) is 16.4. The highest BCUT2D eigenvalue weighted by atomic mass is 35.5. The molecule has 0 atom stereocenters. The van der Waals surface area contributed by atoms with Gasteiger partial charge in [-0.3, -0.25) is 0 Å². The largest absolute Gasteiger partial charge is 0.465 e. The predicted molar refractivity (Wildman–Crippen MR) is 81.8 cm³/mol. The van der Waals surface area contributed by atoms with Gasteiger partial charge in [0, 0.05) is 30.3 Å². The van der Waals surface area contributed by atoms with Crippen molar-refractivity contribution in [2.45, 2.75) is 19.9 Å². The van der Waals surface area contributed by atoms with E-state index in [9.17, 15) is 4.79 Å². The number of halogens is 1. The zero-order chi connectivity index (χ0) is 14.9. The van der Waals surface area contributed by atoms with Crippen molar-refractivity contribution in [2.24, 2.45) is 0 Å². The van der Waals surface area contributed by atoms with Gasteiger partial charge in [0.05, 0.1) is 18.7 Å². The second-order valence-corrected chi connectivity index (χ2v) is 5.69. The Bertz CT molecular complexity index is 513. The lowest BCUT2D eigenvalue weighted by Gasteiger charge is -2.45. The Morgan fingerprint density at radius 2 is 2.15 bits per heavy atom. The number of carbonyl (C=O) groups excluding carboxylic acids is 1. The van der Waals surface area contributed by atoms with Crippen molar-refractivity contribution in [3.63, 3.8) is 0 Å². The number of methoxy groups -OCH3 is 1. The molecule has 1 saturated heterocycles. The molecule has 1 aliphatic rings. The topological polar surface area (TPSA) is 32.8 Å². The molecule has 4 nitrogen and oxygen atoms in total. The molecule has 0 saturated carbocycles. The Balaban J connectivity index is 2.39. The summed E-state index contributed by atoms with van der Waals surface area (Å²) >= 11 is 6.17. The number of ether oxygens (including phenoxy) is 1. The summed E-state index contributed by atoms with van der Waals surface area (Å²) < 4.78 is 4.83. The molecule has 0 spiro atoms. The Kier molecular flexibility index (Phi) is 4.55. The van der Waals surface area contributed by atoms with Crippen LogP contribution in [0, 0.1) is 6.92 Å². The average Bonchev–Trinajstić information content (AvgIpc) is 2.40. The van der Waals surface area contributed by atoms with Crippen molar-refractivity contribution in [3.8, 4) is 0 Å². The van der Waals surface area contributed by atoms with Gasteiger partial charge in [0.25, 0.3) is 0 Å². The second-order valence-electron chi connectivity index (χ2n) is 5.25. The molecule has 0 unspecified atom stereocenters. The fourth-order valence-corrected chi connectivity index (χ4v) is 2.99. The van der Waals surface area contributed by atoms with Gasteiger partial charge in [0.2, 0.25) is 0 Å². The van der Waals surface area contributed by atoms with Crippen molar-refractivity contribution >= 4 is 23.3 Å². The van der Waals surface area contributed by atoms with E-state index in [1.165, 1.54) is 7.11 Å². The van der Waals surface area contributed by atoms with Gasteiger partial charge >= 0.3 is 5.97 Å². The summed E-state index contributed by atoms with van der Waals surface area (Å²) in [5.41, 5.74) is 2.50. The molecule has 20 heavy (non-hydrogen) atoms. The van der Waals surface area contributed by atoms with Gasteiger partial charge in [-0.1, -0.05) is 11.6 Å². The van der Waals surface area contributed by atoms with Gasteiger partial charge in [0.1, 0.15) is 0 Å². The highest BCUT2D eigenvalue weighted by Gasteiger charge is 2.30. The first-order chi connectivity index (χ1) is 9.47. The number of benzene rings is 1. The number of hydrogen-bond donors (Lipinski definition) is 0. The molecule has 1 fully saturated rings. The van der Waals surface area contributed by atoms with Crippen LogP contribution >= 0.6 is 11.6 Å². The van der Waals surface area contributed by atoms with Crippen LogP contribution in [0.3, 0.4) is 0 Å². The third-order valence-electron chi connectivity index (χ3n) is 3.89. The zero-order valence-corrected chi connectivity index (χ0v) is 13.2. The molecule has 1 aliphatic heterocycles. The van der Waals surface area contributed by atoms with Crippen molar-refractivity contribution in [1.82, 2.24) is 4.90 Å². The van der Waals surface area contributed by atoms with Crippen LogP contribution in [0.5, 0.6) is 0 Å². The molecule has 110 valence electrons. The molecule has 0 amide bonds. The highest BCUT2D eigenvalue weighted by Crippen LogP contribution is 2.31. The van der Waals surface area contributed by atoms with Crippen molar-refractivity contribution < 1.29 is 9.53 Å². The van der Waals surface area contributed by atoms with Crippen LogP contribution in [0.4, 0.5) is 5.69 Å². The summed E-state index contributed by atoms with van der Waals surface area (Å²) in [6.45, 7) is 7.03. The number of rotatable bonds is 4. The van der Waals surface area contributed by atoms with Crippen LogP contribution in [0.2, 0.25) is 5.02 Å². The van der Waals surface area contributed by atoms with Crippen molar-refractivity contribution in [2.75, 3.05) is 38.7 Å². The number of likely N-dealkylation sites (tertiary alicyclic amines) is 1. The van der Waals surface area contributed by atoms with Gasteiger partial charge in [-0.05, 0) is 38.6 Å². The Morgan fingerprint density at radius 1 is 1.50 bits per heavy atom. The van der Waals surface area contributed by atoms with E-state index in [0.717, 1.165) is 30.9 Å². The maximum absolute atomic E-state index is 11.8. The third-order valence-corrected chi connectivity index (χ3v) is 4.10. The molecule has 0 bridgehead atoms. The molecule has 1 aromatic rings. The summed E-state index contributed by atoms with van der Waals surface area (Å²) in [5, 5.41) is 0.567. The minimum atomic E-state index is -0.340. The van der Waals surface area contributed by atoms with Gasteiger partial charge in [-0.15, -0.1) is 0 Å². The number of anilines is 1. The van der Waals surface area contributed by atoms with Crippen molar-refractivity contribution in [1.29, 1.82) is 0 Å². The quantitative estimate of drug-likeness (QED) is 0.800. The molecular weight excluding hydrogens is 276 g/mol. The minimum absolute atomic E-state index is 0.340. The lowest BCUT2D eigenvalue weighted by molar-refractivity contribution is 0.0600. The molecule has 0 aliphatic carbocycles. The zero-order valence-electron chi connectivity index (χ0n) is 12.4. The van der Waals surface area contributed by atoms with Crippen LogP contribution < -0.4 is 4.90 Å². The van der Waals surface area contributed by atoms with E-state index in [4.69, 9.17) is 16.3 Å². The summed E-state index contributed by atoms with van der Waals surface area (Å²) in [7, 11) is 3.50. The number of carbonyl (C=O) groups is 1. The first kappa shape index (κ1) is 15.1. The van der Waals surface area contributed by atoms with E-state index in [2.05, 4.69) is 23.8 Å². The lowest BCUT2D eigenvalue weighted by Crippen LogP contribution is -2.58. The van der Waals surface area contributed by atoms with Crippen LogP contribution in [0.25, 0.3) is 0 Å². The number of nitrogens with zero attached hydrogens (tertiary/aromatic N) is 2. The SMILES string of the molecule is CCN(c1cc(Cl)cc(C(=O)OC)c1C)C1CN(C)C1. The number of hydrogen-bond acceptors (Lipinski definition) is 4. The van der Waals surface area contributed by atoms with E-state index in [-0.39, 0.29) is 5.97 Å². The first-order valence-corrected chi connectivity index (χ1v) is 7.19.